The minimum Gasteiger partial charge on any atom is -0.467 e. The Balaban J connectivity index is 0.000000917. The van der Waals surface area contributed by atoms with Crippen LogP contribution in [0.5, 0.6) is 6.01 Å². The maximum absolute atomic E-state index is 15.9. The summed E-state index contributed by atoms with van der Waals surface area (Å²) in [5, 5.41) is 12.2. The van der Waals surface area contributed by atoms with E-state index < -0.39 is 11.6 Å². The highest BCUT2D eigenvalue weighted by atomic mass is 19.1. The van der Waals surface area contributed by atoms with E-state index >= 15 is 4.39 Å². The molecular weight excluding hydrogens is 450 g/mol. The number of methoxy groups -OCH3 is 1. The standard InChI is InChI=1S/C24H19F2N5O.C2H3N/c1-3-15-18(25)8-7-14-5-4-6-16(19(14)15)21-20(26)22-17(13-28-21)23(30-24(29-22)32-2)31-11-9-27-10-12-31;1-2-3/h1,4-8,13,27H,9-12H2,2H3;1H3. The van der Waals surface area contributed by atoms with Gasteiger partial charge in [-0.2, -0.15) is 15.2 Å². The summed E-state index contributed by atoms with van der Waals surface area (Å²) < 4.78 is 35.6. The molecule has 2 aromatic carbocycles. The van der Waals surface area contributed by atoms with Gasteiger partial charge >= 0.3 is 6.01 Å². The van der Waals surface area contributed by atoms with Crippen LogP contribution in [0, 0.1) is 35.3 Å². The van der Waals surface area contributed by atoms with Crippen molar-refractivity contribution >= 4 is 27.5 Å². The average molecular weight is 472 g/mol. The van der Waals surface area contributed by atoms with E-state index in [0.29, 0.717) is 40.6 Å². The molecule has 0 atom stereocenters. The predicted molar refractivity (Wildman–Crippen MR) is 131 cm³/mol. The number of pyridine rings is 1. The normalized spacial score (nSPS) is 13.0. The second-order valence-electron chi connectivity index (χ2n) is 7.65. The van der Waals surface area contributed by atoms with Gasteiger partial charge in [-0.1, -0.05) is 30.2 Å². The Labute approximate surface area is 201 Å². The molecule has 0 bridgehead atoms. The van der Waals surface area contributed by atoms with E-state index in [0.717, 1.165) is 13.1 Å². The Bertz CT molecular complexity index is 1490. The van der Waals surface area contributed by atoms with Gasteiger partial charge in [-0.05, 0) is 11.5 Å². The molecule has 1 fully saturated rings. The SMILES string of the molecule is C#Cc1c(F)ccc2cccc(-c3ncc4c(N5CCNCC5)nc(OC)nc4c3F)c12.CC#N. The van der Waals surface area contributed by atoms with Gasteiger partial charge in [0.1, 0.15) is 22.8 Å². The maximum atomic E-state index is 15.9. The summed E-state index contributed by atoms with van der Waals surface area (Å²) in [5.41, 5.74) is 0.597. The number of nitrogens with zero attached hydrogens (tertiary/aromatic N) is 5. The summed E-state index contributed by atoms with van der Waals surface area (Å²) in [6.45, 7) is 4.44. The topological polar surface area (TPSA) is 87.0 Å². The Hall–Kier alpha value is -4.34. The minimum absolute atomic E-state index is 0.0391. The fourth-order valence-electron chi connectivity index (χ4n) is 4.11. The second-order valence-corrected chi connectivity index (χ2v) is 7.65. The van der Waals surface area contributed by atoms with Crippen molar-refractivity contribution in [1.82, 2.24) is 20.3 Å². The Morgan fingerprint density at radius 3 is 2.57 bits per heavy atom. The quantitative estimate of drug-likeness (QED) is 0.450. The molecule has 4 aromatic rings. The van der Waals surface area contributed by atoms with Crippen LogP contribution < -0.4 is 15.0 Å². The minimum atomic E-state index is -0.640. The van der Waals surface area contributed by atoms with Gasteiger partial charge in [0.2, 0.25) is 0 Å². The number of halogens is 2. The molecule has 1 N–H and O–H groups in total. The first-order valence-electron chi connectivity index (χ1n) is 10.9. The lowest BCUT2D eigenvalue weighted by Gasteiger charge is -2.29. The average Bonchev–Trinajstić information content (AvgIpc) is 2.89. The van der Waals surface area contributed by atoms with Gasteiger partial charge in [0.05, 0.1) is 24.1 Å². The highest BCUT2D eigenvalue weighted by Gasteiger charge is 2.23. The number of terminal acetylenes is 1. The lowest BCUT2D eigenvalue weighted by atomic mass is 9.96. The molecule has 0 saturated carbocycles. The first-order valence-corrected chi connectivity index (χ1v) is 10.9. The van der Waals surface area contributed by atoms with Crippen molar-refractivity contribution in [2.24, 2.45) is 0 Å². The molecule has 1 aliphatic heterocycles. The van der Waals surface area contributed by atoms with Gasteiger partial charge in [0.15, 0.2) is 5.82 Å². The van der Waals surface area contributed by atoms with Crippen LogP contribution in [0.1, 0.15) is 12.5 Å². The number of hydrogen-bond donors (Lipinski definition) is 1. The van der Waals surface area contributed by atoms with Crippen molar-refractivity contribution in [2.45, 2.75) is 6.92 Å². The first-order chi connectivity index (χ1) is 17.0. The van der Waals surface area contributed by atoms with Crippen molar-refractivity contribution < 1.29 is 13.5 Å². The van der Waals surface area contributed by atoms with E-state index in [1.807, 2.05) is 4.90 Å². The molecule has 35 heavy (non-hydrogen) atoms. The van der Waals surface area contributed by atoms with Gasteiger partial charge in [-0.3, -0.25) is 4.98 Å². The fraction of sp³-hybridized carbons (Fsp3) is 0.231. The fourth-order valence-corrected chi connectivity index (χ4v) is 4.11. The number of ether oxygens (including phenoxy) is 1. The number of rotatable bonds is 3. The Kier molecular flexibility index (Phi) is 7.00. The molecule has 1 aliphatic rings. The number of hydrogen-bond acceptors (Lipinski definition) is 7. The number of benzene rings is 2. The molecule has 5 rings (SSSR count). The smallest absolute Gasteiger partial charge is 0.318 e. The third-order valence-corrected chi connectivity index (χ3v) is 5.64. The van der Waals surface area contributed by atoms with Gasteiger partial charge in [-0.25, -0.2) is 8.78 Å². The second kappa shape index (κ2) is 10.3. The van der Waals surface area contributed by atoms with Gasteiger partial charge in [-0.15, -0.1) is 6.42 Å². The molecule has 0 amide bonds. The molecule has 1 saturated heterocycles. The largest absolute Gasteiger partial charge is 0.467 e. The zero-order chi connectivity index (χ0) is 24.9. The number of nitrogens with one attached hydrogen (secondary N) is 1. The van der Waals surface area contributed by atoms with Crippen LogP contribution in [0.15, 0.2) is 36.5 Å². The van der Waals surface area contributed by atoms with E-state index in [1.165, 1.54) is 20.1 Å². The summed E-state index contributed by atoms with van der Waals surface area (Å²) in [6.07, 6.45) is 7.13. The molecule has 0 radical (unpaired) electrons. The third-order valence-electron chi connectivity index (χ3n) is 5.64. The predicted octanol–water partition coefficient (Wildman–Crippen LogP) is 4.05. The number of aromatic nitrogens is 3. The zero-order valence-corrected chi connectivity index (χ0v) is 19.3. The summed E-state index contributed by atoms with van der Waals surface area (Å²) >= 11 is 0. The number of piperazine rings is 1. The number of fused-ring (bicyclic) bond motifs is 2. The molecule has 176 valence electrons. The van der Waals surface area contributed by atoms with Crippen molar-refractivity contribution in [3.05, 3.63) is 53.7 Å². The third kappa shape index (κ3) is 4.42. The van der Waals surface area contributed by atoms with E-state index in [-0.39, 0.29) is 22.8 Å². The zero-order valence-electron chi connectivity index (χ0n) is 19.3. The maximum Gasteiger partial charge on any atom is 0.318 e. The molecule has 2 aromatic heterocycles. The summed E-state index contributed by atoms with van der Waals surface area (Å²) in [5.74, 6) is 1.78. The van der Waals surface area contributed by atoms with Gasteiger partial charge in [0.25, 0.3) is 0 Å². The van der Waals surface area contributed by atoms with Crippen molar-refractivity contribution in [1.29, 1.82) is 5.26 Å². The van der Waals surface area contributed by atoms with Crippen molar-refractivity contribution in [3.8, 4) is 35.7 Å². The number of nitriles is 1. The van der Waals surface area contributed by atoms with Crippen LogP contribution in [0.3, 0.4) is 0 Å². The summed E-state index contributed by atoms with van der Waals surface area (Å²) in [7, 11) is 1.44. The Morgan fingerprint density at radius 1 is 1.14 bits per heavy atom. The van der Waals surface area contributed by atoms with Crippen molar-refractivity contribution in [3.63, 3.8) is 0 Å². The van der Waals surface area contributed by atoms with Crippen LogP contribution in [-0.4, -0.2) is 48.2 Å². The lowest BCUT2D eigenvalue weighted by Crippen LogP contribution is -2.44. The number of anilines is 1. The molecule has 0 unspecified atom stereocenters. The van der Waals surface area contributed by atoms with Crippen molar-refractivity contribution in [2.75, 3.05) is 38.2 Å². The van der Waals surface area contributed by atoms with Crippen LogP contribution in [-0.2, 0) is 0 Å². The van der Waals surface area contributed by atoms with E-state index in [2.05, 4.69) is 26.2 Å². The van der Waals surface area contributed by atoms with Crippen LogP contribution in [0.2, 0.25) is 0 Å². The molecule has 0 spiro atoms. The summed E-state index contributed by atoms with van der Waals surface area (Å²) in [4.78, 5) is 15.2. The highest BCUT2D eigenvalue weighted by molar-refractivity contribution is 6.02. The lowest BCUT2D eigenvalue weighted by molar-refractivity contribution is 0.381. The molecule has 0 aliphatic carbocycles. The van der Waals surface area contributed by atoms with E-state index in [4.69, 9.17) is 16.4 Å². The van der Waals surface area contributed by atoms with Crippen LogP contribution >= 0.6 is 0 Å². The first kappa shape index (κ1) is 23.8. The summed E-state index contributed by atoms with van der Waals surface area (Å²) in [6, 6.07) is 9.97. The van der Waals surface area contributed by atoms with Gasteiger partial charge < -0.3 is 15.0 Å². The van der Waals surface area contributed by atoms with Gasteiger partial charge in [0, 0.05) is 50.2 Å². The molecule has 3 heterocycles. The van der Waals surface area contributed by atoms with E-state index in [9.17, 15) is 4.39 Å². The highest BCUT2D eigenvalue weighted by Crippen LogP contribution is 2.36. The monoisotopic (exact) mass is 472 g/mol. The van der Waals surface area contributed by atoms with Crippen LogP contribution in [0.25, 0.3) is 32.9 Å². The van der Waals surface area contributed by atoms with Crippen LogP contribution in [0.4, 0.5) is 14.6 Å². The molecule has 9 heteroatoms. The van der Waals surface area contributed by atoms with E-state index in [1.54, 1.807) is 36.5 Å². The Morgan fingerprint density at radius 2 is 1.89 bits per heavy atom. The molecule has 7 nitrogen and oxygen atoms in total. The molecular formula is C26H22F2N6O.